The fourth-order valence-corrected chi connectivity index (χ4v) is 4.90. The van der Waals surface area contributed by atoms with E-state index in [9.17, 15) is 17.6 Å². The molecule has 0 saturated carbocycles. The van der Waals surface area contributed by atoms with Gasteiger partial charge >= 0.3 is 5.97 Å². The van der Waals surface area contributed by atoms with Crippen LogP contribution in [0.1, 0.15) is 35.1 Å². The largest absolute Gasteiger partial charge is 0.481 e. The fraction of sp³-hybridized carbons (Fsp3) is 0.350. The molecule has 1 unspecified atom stereocenters. The molecular weight excluding hydrogens is 369 g/mol. The van der Waals surface area contributed by atoms with E-state index < -0.39 is 21.8 Å². The Kier molecular flexibility index (Phi) is 5.62. The van der Waals surface area contributed by atoms with Crippen molar-refractivity contribution in [2.45, 2.75) is 50.0 Å². The van der Waals surface area contributed by atoms with Crippen molar-refractivity contribution in [1.82, 2.24) is 4.72 Å². The van der Waals surface area contributed by atoms with Crippen LogP contribution in [0.4, 0.5) is 4.39 Å². The molecule has 0 fully saturated rings. The van der Waals surface area contributed by atoms with Crippen molar-refractivity contribution in [2.24, 2.45) is 0 Å². The number of hydrogen-bond acceptors (Lipinski definition) is 3. The number of sulfonamides is 1. The monoisotopic (exact) mass is 391 g/mol. The van der Waals surface area contributed by atoms with Crippen molar-refractivity contribution in [3.05, 3.63) is 64.5 Å². The number of benzene rings is 2. The van der Waals surface area contributed by atoms with Crippen LogP contribution in [-0.2, 0) is 34.1 Å². The zero-order valence-corrected chi connectivity index (χ0v) is 15.9. The van der Waals surface area contributed by atoms with Gasteiger partial charge in [0.1, 0.15) is 5.82 Å². The summed E-state index contributed by atoms with van der Waals surface area (Å²) in [5.41, 5.74) is 4.34. The van der Waals surface area contributed by atoms with Gasteiger partial charge in [-0.15, -0.1) is 0 Å². The van der Waals surface area contributed by atoms with Crippen molar-refractivity contribution in [2.75, 3.05) is 0 Å². The Balaban J connectivity index is 1.77. The van der Waals surface area contributed by atoms with E-state index >= 15 is 0 Å². The molecule has 1 aliphatic carbocycles. The highest BCUT2D eigenvalue weighted by atomic mass is 32.2. The minimum atomic E-state index is -3.71. The second kappa shape index (κ2) is 7.78. The van der Waals surface area contributed by atoms with Crippen LogP contribution in [-0.4, -0.2) is 25.5 Å². The lowest BCUT2D eigenvalue weighted by Gasteiger charge is -2.28. The second-order valence-electron chi connectivity index (χ2n) is 6.91. The van der Waals surface area contributed by atoms with Crippen molar-refractivity contribution < 1.29 is 22.7 Å². The van der Waals surface area contributed by atoms with Crippen LogP contribution in [0.15, 0.2) is 41.3 Å². The Labute approximate surface area is 158 Å². The van der Waals surface area contributed by atoms with Crippen LogP contribution in [0.2, 0.25) is 0 Å². The zero-order valence-electron chi connectivity index (χ0n) is 15.0. The van der Waals surface area contributed by atoms with Gasteiger partial charge in [-0.2, -0.15) is 0 Å². The molecule has 0 bridgehead atoms. The second-order valence-corrected chi connectivity index (χ2v) is 8.62. The van der Waals surface area contributed by atoms with Gasteiger partial charge < -0.3 is 5.11 Å². The van der Waals surface area contributed by atoms with Gasteiger partial charge in [0.05, 0.1) is 4.90 Å². The van der Waals surface area contributed by atoms with E-state index in [0.717, 1.165) is 34.4 Å². The predicted octanol–water partition coefficient (Wildman–Crippen LogP) is 2.99. The number of rotatable bonds is 6. The smallest absolute Gasteiger partial charge is 0.303 e. The van der Waals surface area contributed by atoms with Gasteiger partial charge in [0.25, 0.3) is 0 Å². The standard InChI is InChI=1S/C20H22FNO4S/c1-13-2-3-14-12-16(6-9-19(14)18(13)10-11-20(23)24)22-27(25,26)17-7-4-15(21)5-8-17/h2-5,7-8,16,22H,6,9-12H2,1H3,(H,23,24). The first-order chi connectivity index (χ1) is 12.8. The molecule has 0 amide bonds. The number of carbonyl (C=O) groups is 1. The molecule has 2 aromatic carbocycles. The normalized spacial score (nSPS) is 16.7. The van der Waals surface area contributed by atoms with Crippen molar-refractivity contribution in [3.63, 3.8) is 0 Å². The molecule has 1 aliphatic rings. The maximum absolute atomic E-state index is 13.0. The summed E-state index contributed by atoms with van der Waals surface area (Å²) in [6.07, 6.45) is 2.45. The summed E-state index contributed by atoms with van der Waals surface area (Å²) in [6.45, 7) is 1.97. The van der Waals surface area contributed by atoms with Gasteiger partial charge in [0, 0.05) is 12.5 Å². The van der Waals surface area contributed by atoms with Gasteiger partial charge in [-0.05, 0) is 79.1 Å². The average molecular weight is 391 g/mol. The number of aliphatic carboxylic acids is 1. The first-order valence-electron chi connectivity index (χ1n) is 8.86. The van der Waals surface area contributed by atoms with Crippen molar-refractivity contribution >= 4 is 16.0 Å². The molecule has 0 aliphatic heterocycles. The molecule has 0 saturated heterocycles. The van der Waals surface area contributed by atoms with E-state index in [1.807, 2.05) is 19.1 Å². The molecule has 27 heavy (non-hydrogen) atoms. The highest BCUT2D eigenvalue weighted by molar-refractivity contribution is 7.89. The topological polar surface area (TPSA) is 83.5 Å². The molecular formula is C20H22FNO4S. The predicted molar refractivity (Wildman–Crippen MR) is 99.7 cm³/mol. The summed E-state index contributed by atoms with van der Waals surface area (Å²) in [6, 6.07) is 8.47. The summed E-state index contributed by atoms with van der Waals surface area (Å²) in [4.78, 5) is 11.0. The molecule has 5 nitrogen and oxygen atoms in total. The molecule has 7 heteroatoms. The Morgan fingerprint density at radius 3 is 2.59 bits per heavy atom. The number of nitrogens with one attached hydrogen (secondary N) is 1. The molecule has 0 heterocycles. The molecule has 3 rings (SSSR count). The first-order valence-corrected chi connectivity index (χ1v) is 10.3. The summed E-state index contributed by atoms with van der Waals surface area (Å²) in [7, 11) is -3.71. The number of carboxylic acid groups (broad SMARTS) is 1. The summed E-state index contributed by atoms with van der Waals surface area (Å²) in [5, 5.41) is 8.96. The van der Waals surface area contributed by atoms with E-state index in [1.165, 1.54) is 12.1 Å². The molecule has 0 aromatic heterocycles. The van der Waals surface area contributed by atoms with Gasteiger partial charge in [-0.25, -0.2) is 17.5 Å². The number of halogens is 1. The lowest BCUT2D eigenvalue weighted by Crippen LogP contribution is -2.39. The summed E-state index contributed by atoms with van der Waals surface area (Å²) < 4.78 is 40.8. The van der Waals surface area contributed by atoms with Crippen molar-refractivity contribution in [1.29, 1.82) is 0 Å². The van der Waals surface area contributed by atoms with Crippen molar-refractivity contribution in [3.8, 4) is 0 Å². The maximum atomic E-state index is 13.0. The first kappa shape index (κ1) is 19.5. The summed E-state index contributed by atoms with van der Waals surface area (Å²) in [5.74, 6) is -1.31. The van der Waals surface area contributed by atoms with E-state index in [2.05, 4.69) is 4.72 Å². The van der Waals surface area contributed by atoms with Crippen LogP contribution in [0.25, 0.3) is 0 Å². The van der Waals surface area contributed by atoms with E-state index in [-0.39, 0.29) is 17.4 Å². The molecule has 0 radical (unpaired) electrons. The van der Waals surface area contributed by atoms with Crippen LogP contribution < -0.4 is 4.72 Å². The lowest BCUT2D eigenvalue weighted by molar-refractivity contribution is -0.136. The third-order valence-corrected chi connectivity index (χ3v) is 6.54. The number of hydrogen-bond donors (Lipinski definition) is 2. The van der Waals surface area contributed by atoms with E-state index in [1.54, 1.807) is 0 Å². The van der Waals surface area contributed by atoms with Gasteiger partial charge in [0.15, 0.2) is 0 Å². The highest BCUT2D eigenvalue weighted by Gasteiger charge is 2.26. The Bertz CT molecular complexity index is 955. The van der Waals surface area contributed by atoms with Crippen LogP contribution in [0.5, 0.6) is 0 Å². The number of fused-ring (bicyclic) bond motifs is 1. The third-order valence-electron chi connectivity index (χ3n) is 5.01. The molecule has 0 spiro atoms. The molecule has 1 atom stereocenters. The quantitative estimate of drug-likeness (QED) is 0.793. The van der Waals surface area contributed by atoms with E-state index in [0.29, 0.717) is 25.7 Å². The zero-order chi connectivity index (χ0) is 19.6. The minimum absolute atomic E-state index is 0.0424. The average Bonchev–Trinajstić information content (AvgIpc) is 2.61. The summed E-state index contributed by atoms with van der Waals surface area (Å²) >= 11 is 0. The Morgan fingerprint density at radius 2 is 1.93 bits per heavy atom. The molecule has 2 aromatic rings. The van der Waals surface area contributed by atoms with Crippen LogP contribution in [0.3, 0.4) is 0 Å². The number of aryl methyl sites for hydroxylation is 1. The Morgan fingerprint density at radius 1 is 1.22 bits per heavy atom. The SMILES string of the molecule is Cc1ccc2c(c1CCC(=O)O)CCC(NS(=O)(=O)c1ccc(F)cc1)C2. The maximum Gasteiger partial charge on any atom is 0.303 e. The Hall–Kier alpha value is -2.25. The minimum Gasteiger partial charge on any atom is -0.481 e. The third kappa shape index (κ3) is 4.54. The van der Waals surface area contributed by atoms with Gasteiger partial charge in [0.2, 0.25) is 10.0 Å². The van der Waals surface area contributed by atoms with Crippen LogP contribution in [0, 0.1) is 12.7 Å². The highest BCUT2D eigenvalue weighted by Crippen LogP contribution is 2.29. The fourth-order valence-electron chi connectivity index (χ4n) is 3.63. The molecule has 2 N–H and O–H groups in total. The van der Waals surface area contributed by atoms with Gasteiger partial charge in [-0.3, -0.25) is 4.79 Å². The molecule has 144 valence electrons. The van der Waals surface area contributed by atoms with Crippen LogP contribution >= 0.6 is 0 Å². The number of carboxylic acids is 1. The van der Waals surface area contributed by atoms with E-state index in [4.69, 9.17) is 5.11 Å². The lowest BCUT2D eigenvalue weighted by atomic mass is 9.83. The van der Waals surface area contributed by atoms with Gasteiger partial charge in [-0.1, -0.05) is 12.1 Å².